The number of nitrogens with one attached hydrogen (secondary N) is 1. The van der Waals surface area contributed by atoms with E-state index in [9.17, 15) is 4.79 Å². The molecular weight excluding hydrogens is 292 g/mol. The smallest absolute Gasteiger partial charge is 0.233 e. The number of amides is 1. The lowest BCUT2D eigenvalue weighted by atomic mass is 10.1. The molecule has 0 aliphatic heterocycles. The zero-order valence-electron chi connectivity index (χ0n) is 11.3. The molecule has 0 saturated carbocycles. The molecule has 0 aliphatic rings. The van der Waals surface area contributed by atoms with Crippen molar-refractivity contribution in [1.82, 2.24) is 15.5 Å². The highest BCUT2D eigenvalue weighted by molar-refractivity contribution is 8.02. The van der Waals surface area contributed by atoms with Crippen LogP contribution in [0.4, 0.5) is 5.13 Å². The van der Waals surface area contributed by atoms with E-state index in [2.05, 4.69) is 15.5 Å². The second kappa shape index (κ2) is 6.71. The summed E-state index contributed by atoms with van der Waals surface area (Å²) in [6.45, 7) is 4.41. The van der Waals surface area contributed by atoms with E-state index in [4.69, 9.17) is 5.73 Å². The lowest BCUT2D eigenvalue weighted by Gasteiger charge is -2.10. The fourth-order valence-electron chi connectivity index (χ4n) is 1.51. The lowest BCUT2D eigenvalue weighted by Crippen LogP contribution is -2.30. The van der Waals surface area contributed by atoms with Crippen molar-refractivity contribution >= 4 is 34.1 Å². The Morgan fingerprint density at radius 2 is 2.10 bits per heavy atom. The topological polar surface area (TPSA) is 80.9 Å². The molecule has 1 aromatic heterocycles. The number of hydrogen-bond donors (Lipinski definition) is 2. The summed E-state index contributed by atoms with van der Waals surface area (Å²) in [6.07, 6.45) is 0. The minimum absolute atomic E-state index is 0.0238. The van der Waals surface area contributed by atoms with E-state index in [-0.39, 0.29) is 11.2 Å². The van der Waals surface area contributed by atoms with Crippen LogP contribution in [0.15, 0.2) is 28.6 Å². The number of rotatable bonds is 5. The average Bonchev–Trinajstić information content (AvgIpc) is 2.83. The van der Waals surface area contributed by atoms with Crippen LogP contribution in [-0.2, 0) is 11.3 Å². The molecule has 0 fully saturated rings. The van der Waals surface area contributed by atoms with E-state index in [1.165, 1.54) is 28.7 Å². The molecule has 0 saturated heterocycles. The van der Waals surface area contributed by atoms with Gasteiger partial charge in [0, 0.05) is 6.54 Å². The Morgan fingerprint density at radius 3 is 2.70 bits per heavy atom. The Kier molecular flexibility index (Phi) is 4.97. The van der Waals surface area contributed by atoms with Gasteiger partial charge in [-0.2, -0.15) is 0 Å². The first-order valence-electron chi connectivity index (χ1n) is 6.13. The molecule has 5 nitrogen and oxygen atoms in total. The molecule has 106 valence electrons. The SMILES string of the molecule is Cc1ccc(CNC(=O)[C@H](C)Sc2nnc(N)s2)cc1. The number of aromatic nitrogens is 2. The van der Waals surface area contributed by atoms with Crippen molar-refractivity contribution in [2.75, 3.05) is 5.73 Å². The number of thioether (sulfide) groups is 1. The minimum Gasteiger partial charge on any atom is -0.374 e. The average molecular weight is 308 g/mol. The molecule has 1 atom stereocenters. The van der Waals surface area contributed by atoms with Crippen LogP contribution in [0.1, 0.15) is 18.1 Å². The molecule has 0 spiro atoms. The van der Waals surface area contributed by atoms with Crippen LogP contribution in [0.25, 0.3) is 0 Å². The van der Waals surface area contributed by atoms with Crippen LogP contribution in [-0.4, -0.2) is 21.4 Å². The number of carbonyl (C=O) groups excluding carboxylic acids is 1. The fraction of sp³-hybridized carbons (Fsp3) is 0.308. The van der Waals surface area contributed by atoms with Crippen LogP contribution in [0, 0.1) is 6.92 Å². The zero-order valence-corrected chi connectivity index (χ0v) is 12.9. The first-order valence-corrected chi connectivity index (χ1v) is 7.83. The summed E-state index contributed by atoms with van der Waals surface area (Å²) in [5, 5.41) is 10.7. The second-order valence-electron chi connectivity index (χ2n) is 4.37. The van der Waals surface area contributed by atoms with Gasteiger partial charge in [-0.15, -0.1) is 10.2 Å². The number of nitrogens with two attached hydrogens (primary N) is 1. The summed E-state index contributed by atoms with van der Waals surface area (Å²) in [5.41, 5.74) is 7.80. The molecule has 20 heavy (non-hydrogen) atoms. The molecule has 0 aliphatic carbocycles. The van der Waals surface area contributed by atoms with Crippen LogP contribution in [0.3, 0.4) is 0 Å². The van der Waals surface area contributed by atoms with Crippen molar-refractivity contribution in [3.8, 4) is 0 Å². The standard InChI is InChI=1S/C13H16N4OS2/c1-8-3-5-10(6-4-8)7-15-11(18)9(2)19-13-17-16-12(14)20-13/h3-6,9H,7H2,1-2H3,(H2,14,16)(H,15,18)/t9-/m0/s1. The second-order valence-corrected chi connectivity index (χ2v) is 6.97. The summed E-state index contributed by atoms with van der Waals surface area (Å²) in [5.74, 6) is -0.0238. The number of nitrogen functional groups attached to an aromatic ring is 1. The molecule has 0 unspecified atom stereocenters. The first kappa shape index (κ1) is 14.8. The monoisotopic (exact) mass is 308 g/mol. The van der Waals surface area contributed by atoms with Crippen molar-refractivity contribution in [2.45, 2.75) is 30.0 Å². The minimum atomic E-state index is -0.229. The van der Waals surface area contributed by atoms with Crippen molar-refractivity contribution in [3.05, 3.63) is 35.4 Å². The van der Waals surface area contributed by atoms with Crippen molar-refractivity contribution < 1.29 is 4.79 Å². The Hall–Kier alpha value is -1.60. The summed E-state index contributed by atoms with van der Waals surface area (Å²) in [4.78, 5) is 12.0. The molecular formula is C13H16N4OS2. The van der Waals surface area contributed by atoms with Crippen molar-refractivity contribution in [2.24, 2.45) is 0 Å². The van der Waals surface area contributed by atoms with E-state index in [1.807, 2.05) is 38.1 Å². The number of aryl methyl sites for hydroxylation is 1. The maximum absolute atomic E-state index is 12.0. The van der Waals surface area contributed by atoms with Gasteiger partial charge >= 0.3 is 0 Å². The third kappa shape index (κ3) is 4.21. The van der Waals surface area contributed by atoms with E-state index in [1.54, 1.807) is 0 Å². The highest BCUT2D eigenvalue weighted by Crippen LogP contribution is 2.27. The van der Waals surface area contributed by atoms with Crippen LogP contribution in [0.5, 0.6) is 0 Å². The molecule has 0 bridgehead atoms. The van der Waals surface area contributed by atoms with Crippen molar-refractivity contribution in [1.29, 1.82) is 0 Å². The first-order chi connectivity index (χ1) is 9.54. The molecule has 1 amide bonds. The summed E-state index contributed by atoms with van der Waals surface area (Å²) >= 11 is 2.65. The maximum atomic E-state index is 12.0. The number of hydrogen-bond acceptors (Lipinski definition) is 6. The Balaban J connectivity index is 1.83. The van der Waals surface area contributed by atoms with Gasteiger partial charge in [0.05, 0.1) is 5.25 Å². The maximum Gasteiger partial charge on any atom is 0.233 e. The number of benzene rings is 1. The molecule has 7 heteroatoms. The summed E-state index contributed by atoms with van der Waals surface area (Å²) in [7, 11) is 0. The lowest BCUT2D eigenvalue weighted by molar-refractivity contribution is -0.120. The normalized spacial score (nSPS) is 12.1. The number of anilines is 1. The van der Waals surface area contributed by atoms with Gasteiger partial charge < -0.3 is 11.1 Å². The van der Waals surface area contributed by atoms with Gasteiger partial charge in [0.15, 0.2) is 4.34 Å². The van der Waals surface area contributed by atoms with Gasteiger partial charge in [-0.3, -0.25) is 4.79 Å². The molecule has 1 aromatic carbocycles. The molecule has 0 radical (unpaired) electrons. The van der Waals surface area contributed by atoms with Gasteiger partial charge in [0.2, 0.25) is 11.0 Å². The molecule has 2 rings (SSSR count). The Bertz CT molecular complexity index is 582. The Morgan fingerprint density at radius 1 is 1.40 bits per heavy atom. The zero-order chi connectivity index (χ0) is 14.5. The highest BCUT2D eigenvalue weighted by atomic mass is 32.2. The molecule has 3 N–H and O–H groups in total. The van der Waals surface area contributed by atoms with Crippen LogP contribution >= 0.6 is 23.1 Å². The molecule has 1 heterocycles. The quantitative estimate of drug-likeness (QED) is 0.828. The highest BCUT2D eigenvalue weighted by Gasteiger charge is 2.16. The third-order valence-electron chi connectivity index (χ3n) is 2.66. The number of carbonyl (C=O) groups is 1. The predicted molar refractivity (Wildman–Crippen MR) is 82.7 cm³/mol. The third-order valence-corrected chi connectivity index (χ3v) is 4.59. The summed E-state index contributed by atoms with van der Waals surface area (Å²) < 4.78 is 0.709. The summed E-state index contributed by atoms with van der Waals surface area (Å²) in [6, 6.07) is 8.09. The van der Waals surface area contributed by atoms with E-state index >= 15 is 0 Å². The Labute approximate surface area is 126 Å². The number of nitrogens with zero attached hydrogens (tertiary/aromatic N) is 2. The van der Waals surface area contributed by atoms with Gasteiger partial charge in [0.1, 0.15) is 0 Å². The van der Waals surface area contributed by atoms with Crippen LogP contribution < -0.4 is 11.1 Å². The van der Waals surface area contributed by atoms with Gasteiger partial charge in [-0.1, -0.05) is 52.9 Å². The van der Waals surface area contributed by atoms with Gasteiger partial charge in [-0.05, 0) is 19.4 Å². The van der Waals surface area contributed by atoms with Gasteiger partial charge in [-0.25, -0.2) is 0 Å². The van der Waals surface area contributed by atoms with Crippen LogP contribution in [0.2, 0.25) is 0 Å². The predicted octanol–water partition coefficient (Wildman–Crippen LogP) is 2.23. The fourth-order valence-corrected chi connectivity index (χ4v) is 3.32. The van der Waals surface area contributed by atoms with E-state index in [0.29, 0.717) is 16.0 Å². The van der Waals surface area contributed by atoms with E-state index in [0.717, 1.165) is 5.56 Å². The largest absolute Gasteiger partial charge is 0.374 e. The van der Waals surface area contributed by atoms with Crippen molar-refractivity contribution in [3.63, 3.8) is 0 Å². The molecule has 2 aromatic rings. The van der Waals surface area contributed by atoms with E-state index < -0.39 is 0 Å². The van der Waals surface area contributed by atoms with Gasteiger partial charge in [0.25, 0.3) is 0 Å².